The Kier molecular flexibility index (Phi) is 46.1. The van der Waals surface area contributed by atoms with Gasteiger partial charge in [-0.1, -0.05) is 225 Å². The second-order valence-corrected chi connectivity index (χ2v) is 21.5. The molecule has 2 rings (SSSR count). The zero-order valence-corrected chi connectivity index (χ0v) is 49.7. The lowest BCUT2D eigenvalue weighted by molar-refractivity contribution is -0.359. The summed E-state index contributed by atoms with van der Waals surface area (Å²) in [5.41, 5.74) is 0. The Morgan fingerprint density at radius 2 is 0.852 bits per heavy atom. The van der Waals surface area contributed by atoms with Crippen LogP contribution in [0.5, 0.6) is 0 Å². The molecular weight excluding hydrogens is 1030 g/mol. The van der Waals surface area contributed by atoms with E-state index in [9.17, 15) is 45.6 Å². The third kappa shape index (κ3) is 36.0. The molecule has 1 amide bonds. The third-order valence-corrected chi connectivity index (χ3v) is 14.4. The zero-order chi connectivity index (χ0) is 58.8. The number of amides is 1. The lowest BCUT2D eigenvalue weighted by Gasteiger charge is -2.46. The molecule has 0 spiro atoms. The molecule has 462 valence electrons. The van der Waals surface area contributed by atoms with Crippen LogP contribution in [-0.4, -0.2) is 140 Å². The SMILES string of the molecule is CC/C=C\C/C=C\C/C=C\C/C=C\C/C=C\C/C=C\C/C=C\C/C=C\C/C=C\CCCCCCCCCCCCCCCC(=O)NC(COC1OC(CO)C(OC2OC(CO)C(O)C(O)C2O)C(O)C1O)C(O)/C=C/CCCCCC. The highest BCUT2D eigenvalue weighted by Gasteiger charge is 2.51. The number of nitrogens with one attached hydrogen (secondary N) is 1. The van der Waals surface area contributed by atoms with Crippen molar-refractivity contribution in [2.24, 2.45) is 0 Å². The van der Waals surface area contributed by atoms with Crippen LogP contribution in [0.3, 0.4) is 0 Å². The van der Waals surface area contributed by atoms with E-state index in [1.165, 1.54) is 57.8 Å². The summed E-state index contributed by atoms with van der Waals surface area (Å²) in [5, 5.41) is 86.5. The average Bonchev–Trinajstić information content (AvgIpc) is 3.55. The van der Waals surface area contributed by atoms with Crippen LogP contribution >= 0.6 is 0 Å². The Labute approximate surface area is 488 Å². The number of unbranched alkanes of at least 4 members (excludes halogenated alkanes) is 17. The topological polar surface area (TPSA) is 228 Å². The first-order chi connectivity index (χ1) is 39.6. The van der Waals surface area contributed by atoms with Crippen LogP contribution in [-0.2, 0) is 23.7 Å². The molecule has 0 aromatic rings. The molecular formula is C67H111NO13. The maximum Gasteiger partial charge on any atom is 0.220 e. The number of allylic oxidation sites excluding steroid dienone is 19. The lowest BCUT2D eigenvalue weighted by atomic mass is 9.97. The number of aliphatic hydroxyl groups is 8. The van der Waals surface area contributed by atoms with Gasteiger partial charge in [0.05, 0.1) is 32.0 Å². The molecule has 0 bridgehead atoms. The second kappa shape index (κ2) is 50.9. The van der Waals surface area contributed by atoms with Gasteiger partial charge in [0.2, 0.25) is 5.91 Å². The largest absolute Gasteiger partial charge is 0.394 e. The third-order valence-electron chi connectivity index (χ3n) is 14.4. The van der Waals surface area contributed by atoms with Crippen molar-refractivity contribution in [3.8, 4) is 0 Å². The molecule has 14 nitrogen and oxygen atoms in total. The summed E-state index contributed by atoms with van der Waals surface area (Å²) < 4.78 is 22.6. The summed E-state index contributed by atoms with van der Waals surface area (Å²) in [6.45, 7) is 2.56. The molecule has 12 atom stereocenters. The van der Waals surface area contributed by atoms with E-state index in [0.29, 0.717) is 6.42 Å². The minimum absolute atomic E-state index is 0.252. The van der Waals surface area contributed by atoms with Gasteiger partial charge in [0.1, 0.15) is 48.8 Å². The first-order valence-corrected chi connectivity index (χ1v) is 31.3. The number of rotatable bonds is 48. The van der Waals surface area contributed by atoms with Gasteiger partial charge in [0.25, 0.3) is 0 Å². The van der Waals surface area contributed by atoms with Crippen molar-refractivity contribution in [3.05, 3.63) is 122 Å². The van der Waals surface area contributed by atoms with Crippen molar-refractivity contribution in [1.82, 2.24) is 5.32 Å². The van der Waals surface area contributed by atoms with E-state index in [4.69, 9.17) is 18.9 Å². The number of hydrogen-bond acceptors (Lipinski definition) is 13. The maximum absolute atomic E-state index is 13.1. The molecule has 2 saturated heterocycles. The molecule has 0 aromatic heterocycles. The van der Waals surface area contributed by atoms with Crippen molar-refractivity contribution in [2.75, 3.05) is 19.8 Å². The highest BCUT2D eigenvalue weighted by Crippen LogP contribution is 2.30. The van der Waals surface area contributed by atoms with E-state index in [1.807, 2.05) is 6.08 Å². The van der Waals surface area contributed by atoms with E-state index in [0.717, 1.165) is 116 Å². The van der Waals surface area contributed by atoms with E-state index >= 15 is 0 Å². The fourth-order valence-electron chi connectivity index (χ4n) is 9.40. The highest BCUT2D eigenvalue weighted by molar-refractivity contribution is 5.76. The van der Waals surface area contributed by atoms with Crippen molar-refractivity contribution >= 4 is 5.91 Å². The first kappa shape index (κ1) is 73.5. The van der Waals surface area contributed by atoms with Crippen LogP contribution in [0.1, 0.15) is 200 Å². The fraction of sp³-hybridized carbons (Fsp3) is 0.687. The van der Waals surface area contributed by atoms with Gasteiger partial charge in [-0.15, -0.1) is 0 Å². The highest BCUT2D eigenvalue weighted by atomic mass is 16.7. The summed E-state index contributed by atoms with van der Waals surface area (Å²) in [4.78, 5) is 13.1. The van der Waals surface area contributed by atoms with Crippen LogP contribution in [0.2, 0.25) is 0 Å². The van der Waals surface area contributed by atoms with Gasteiger partial charge in [-0.3, -0.25) is 4.79 Å². The first-order valence-electron chi connectivity index (χ1n) is 31.3. The summed E-state index contributed by atoms with van der Waals surface area (Å²) in [6.07, 6.45) is 57.5. The Balaban J connectivity index is 1.52. The van der Waals surface area contributed by atoms with Gasteiger partial charge in [-0.2, -0.15) is 0 Å². The second-order valence-electron chi connectivity index (χ2n) is 21.5. The van der Waals surface area contributed by atoms with Crippen molar-refractivity contribution < 1.29 is 64.6 Å². The number of ether oxygens (including phenoxy) is 4. The van der Waals surface area contributed by atoms with Crippen LogP contribution in [0, 0.1) is 0 Å². The molecule has 2 fully saturated rings. The molecule has 14 heteroatoms. The summed E-state index contributed by atoms with van der Waals surface area (Å²) in [5.74, 6) is -0.252. The van der Waals surface area contributed by atoms with Crippen molar-refractivity contribution in [1.29, 1.82) is 0 Å². The number of carbonyl (C=O) groups is 1. The standard InChI is InChI=1S/C67H111NO13/c1-3-5-7-9-11-12-13-14-15-16-17-18-19-20-21-22-23-24-25-26-27-28-29-30-31-32-33-34-35-36-37-38-39-40-41-42-43-44-45-47-49-51-59(72)68-55(56(71)50-48-46-10-8-6-4-2)54-78-66-64(77)62(75)65(58(53-70)80-66)81-67-63(76)61(74)60(73)57(52-69)79-67/h5,7,11-12,14-15,17-18,20-21,23-24,26-27,29-30,32-33,48,50,55-58,60-67,69-71,73-77H,3-4,6,8-10,13,16,19,22,25,28,31,34-47,49,51-54H2,1-2H3,(H,68,72)/b7-5-,12-11-,15-14-,18-17-,21-20-,24-23-,27-26-,30-29-,33-32-,50-48+. The van der Waals surface area contributed by atoms with Crippen molar-refractivity contribution in [3.63, 3.8) is 0 Å². The van der Waals surface area contributed by atoms with Gasteiger partial charge in [-0.25, -0.2) is 0 Å². The molecule has 2 aliphatic heterocycles. The summed E-state index contributed by atoms with van der Waals surface area (Å²) >= 11 is 0. The molecule has 2 heterocycles. The summed E-state index contributed by atoms with van der Waals surface area (Å²) in [7, 11) is 0. The Morgan fingerprint density at radius 1 is 0.457 bits per heavy atom. The van der Waals surface area contributed by atoms with Crippen LogP contribution in [0.15, 0.2) is 122 Å². The Hall–Kier alpha value is -3.61. The van der Waals surface area contributed by atoms with Gasteiger partial charge in [-0.05, 0) is 89.9 Å². The van der Waals surface area contributed by atoms with Gasteiger partial charge < -0.3 is 65.1 Å². The molecule has 0 aromatic carbocycles. The molecule has 0 aliphatic carbocycles. The normalized spacial score (nSPS) is 25.0. The van der Waals surface area contributed by atoms with Gasteiger partial charge in [0, 0.05) is 6.42 Å². The molecule has 0 saturated carbocycles. The van der Waals surface area contributed by atoms with Gasteiger partial charge >= 0.3 is 0 Å². The average molecular weight is 1140 g/mol. The predicted molar refractivity (Wildman–Crippen MR) is 327 cm³/mol. The molecule has 0 radical (unpaired) electrons. The molecule has 12 unspecified atom stereocenters. The molecule has 2 aliphatic rings. The minimum atomic E-state index is -1.79. The zero-order valence-electron chi connectivity index (χ0n) is 49.7. The monoisotopic (exact) mass is 1140 g/mol. The van der Waals surface area contributed by atoms with E-state index < -0.39 is 86.8 Å². The van der Waals surface area contributed by atoms with E-state index in [1.54, 1.807) is 6.08 Å². The van der Waals surface area contributed by atoms with Crippen LogP contribution in [0.4, 0.5) is 0 Å². The Morgan fingerprint density at radius 3 is 1.31 bits per heavy atom. The predicted octanol–water partition coefficient (Wildman–Crippen LogP) is 11.4. The molecule has 81 heavy (non-hydrogen) atoms. The number of hydrogen-bond donors (Lipinski definition) is 9. The van der Waals surface area contributed by atoms with Crippen LogP contribution < -0.4 is 5.32 Å². The quantitative estimate of drug-likeness (QED) is 0.0204. The Bertz CT molecular complexity index is 1820. The van der Waals surface area contributed by atoms with Crippen LogP contribution in [0.25, 0.3) is 0 Å². The van der Waals surface area contributed by atoms with Crippen molar-refractivity contribution in [2.45, 2.75) is 274 Å². The number of carbonyl (C=O) groups excluding carboxylic acids is 1. The lowest BCUT2D eigenvalue weighted by Crippen LogP contribution is -2.65. The van der Waals surface area contributed by atoms with E-state index in [-0.39, 0.29) is 18.9 Å². The molecule has 9 N–H and O–H groups in total. The minimum Gasteiger partial charge on any atom is -0.394 e. The smallest absolute Gasteiger partial charge is 0.220 e. The maximum atomic E-state index is 13.1. The van der Waals surface area contributed by atoms with E-state index in [2.05, 4.69) is 129 Å². The summed E-state index contributed by atoms with van der Waals surface area (Å²) in [6, 6.07) is -0.918. The van der Waals surface area contributed by atoms with Gasteiger partial charge in [0.15, 0.2) is 12.6 Å². The fourth-order valence-corrected chi connectivity index (χ4v) is 9.40. The number of aliphatic hydroxyl groups excluding tert-OH is 8.